The van der Waals surface area contributed by atoms with Crippen LogP contribution in [0.15, 0.2) is 11.1 Å². The fourth-order valence-electron chi connectivity index (χ4n) is 1.19. The molecule has 0 spiro atoms. The van der Waals surface area contributed by atoms with Crippen molar-refractivity contribution < 1.29 is 19.1 Å². The van der Waals surface area contributed by atoms with E-state index in [2.05, 4.69) is 4.74 Å². The Morgan fingerprint density at radius 2 is 1.54 bits per heavy atom. The highest BCUT2D eigenvalue weighted by Crippen LogP contribution is 2.17. The second-order valence-corrected chi connectivity index (χ2v) is 2.92. The summed E-state index contributed by atoms with van der Waals surface area (Å²) in [6.45, 7) is 2.99. The van der Waals surface area contributed by atoms with E-state index in [0.717, 1.165) is 0 Å². The predicted molar refractivity (Wildman–Crippen MR) is 44.2 cm³/mol. The van der Waals surface area contributed by atoms with Gasteiger partial charge in [-0.2, -0.15) is 0 Å². The van der Waals surface area contributed by atoms with Crippen molar-refractivity contribution in [1.29, 1.82) is 0 Å². The molecule has 0 aromatic heterocycles. The van der Waals surface area contributed by atoms with Crippen LogP contribution in [0.4, 0.5) is 0 Å². The van der Waals surface area contributed by atoms with Crippen LogP contribution in [0.2, 0.25) is 0 Å². The Bertz CT molecular complexity index is 325. The SMILES string of the molecule is COC1C(=O)C(=O)C(C)=C(C)C1=O. The van der Waals surface area contributed by atoms with Gasteiger partial charge in [0.1, 0.15) is 0 Å². The minimum absolute atomic E-state index is 0.225. The molecule has 13 heavy (non-hydrogen) atoms. The molecule has 1 atom stereocenters. The number of methoxy groups -OCH3 is 1. The van der Waals surface area contributed by atoms with Gasteiger partial charge in [-0.3, -0.25) is 14.4 Å². The van der Waals surface area contributed by atoms with E-state index in [9.17, 15) is 14.4 Å². The molecule has 4 heteroatoms. The molecule has 1 unspecified atom stereocenters. The second-order valence-electron chi connectivity index (χ2n) is 2.92. The van der Waals surface area contributed by atoms with Gasteiger partial charge in [0.15, 0.2) is 11.9 Å². The molecule has 0 aliphatic heterocycles. The van der Waals surface area contributed by atoms with Crippen molar-refractivity contribution in [3.05, 3.63) is 11.1 Å². The van der Waals surface area contributed by atoms with Crippen LogP contribution in [0, 0.1) is 0 Å². The maximum absolute atomic E-state index is 11.4. The summed E-state index contributed by atoms with van der Waals surface area (Å²) in [7, 11) is 1.24. The molecule has 0 saturated heterocycles. The maximum Gasteiger partial charge on any atom is 0.239 e. The zero-order chi connectivity index (χ0) is 10.2. The third-order valence-electron chi connectivity index (χ3n) is 2.21. The van der Waals surface area contributed by atoms with Crippen molar-refractivity contribution in [2.75, 3.05) is 7.11 Å². The van der Waals surface area contributed by atoms with Crippen LogP contribution in [-0.2, 0) is 19.1 Å². The van der Waals surface area contributed by atoms with E-state index < -0.39 is 23.5 Å². The number of Topliss-reactive ketones (excluding diaryl/α,β-unsaturated/α-hetero) is 3. The lowest BCUT2D eigenvalue weighted by atomic mass is 9.88. The Morgan fingerprint density at radius 1 is 1.00 bits per heavy atom. The predicted octanol–water partition coefficient (Wildman–Crippen LogP) is 0.0587. The maximum atomic E-state index is 11.4. The van der Waals surface area contributed by atoms with Crippen molar-refractivity contribution in [2.24, 2.45) is 0 Å². The first-order chi connectivity index (χ1) is 6.00. The van der Waals surface area contributed by atoms with Crippen molar-refractivity contribution in [1.82, 2.24) is 0 Å². The number of rotatable bonds is 1. The highest BCUT2D eigenvalue weighted by atomic mass is 16.5. The lowest BCUT2D eigenvalue weighted by Crippen LogP contribution is -2.42. The van der Waals surface area contributed by atoms with Gasteiger partial charge >= 0.3 is 0 Å². The average Bonchev–Trinajstić information content (AvgIpc) is 2.13. The number of hydrogen-bond acceptors (Lipinski definition) is 4. The van der Waals surface area contributed by atoms with E-state index in [1.807, 2.05) is 0 Å². The molecular weight excluding hydrogens is 172 g/mol. The van der Waals surface area contributed by atoms with Crippen LogP contribution in [-0.4, -0.2) is 30.6 Å². The lowest BCUT2D eigenvalue weighted by molar-refractivity contribution is -0.146. The van der Waals surface area contributed by atoms with Crippen LogP contribution >= 0.6 is 0 Å². The second kappa shape index (κ2) is 3.22. The van der Waals surface area contributed by atoms with E-state index >= 15 is 0 Å². The summed E-state index contributed by atoms with van der Waals surface area (Å²) in [6, 6.07) is 0. The summed E-state index contributed by atoms with van der Waals surface area (Å²) in [5, 5.41) is 0. The standard InChI is InChI=1S/C9H10O4/c1-4-5(2)7(11)9(13-3)8(12)6(4)10/h9H,1-3H3. The van der Waals surface area contributed by atoms with Gasteiger partial charge in [0.05, 0.1) is 0 Å². The number of carbonyl (C=O) groups is 3. The topological polar surface area (TPSA) is 60.4 Å². The van der Waals surface area contributed by atoms with Crippen molar-refractivity contribution in [3.63, 3.8) is 0 Å². The summed E-state index contributed by atoms with van der Waals surface area (Å²) in [6.07, 6.45) is -1.23. The number of ketones is 3. The fraction of sp³-hybridized carbons (Fsp3) is 0.444. The molecule has 70 valence electrons. The van der Waals surface area contributed by atoms with Crippen LogP contribution < -0.4 is 0 Å². The molecule has 0 radical (unpaired) electrons. The van der Waals surface area contributed by atoms with E-state index in [4.69, 9.17) is 0 Å². The molecular formula is C9H10O4. The Morgan fingerprint density at radius 3 is 2.00 bits per heavy atom. The summed E-state index contributed by atoms with van der Waals surface area (Å²) < 4.78 is 4.65. The largest absolute Gasteiger partial charge is 0.365 e. The van der Waals surface area contributed by atoms with Crippen molar-refractivity contribution in [2.45, 2.75) is 20.0 Å². The molecule has 0 N–H and O–H groups in total. The molecule has 1 aliphatic carbocycles. The third-order valence-corrected chi connectivity index (χ3v) is 2.21. The number of hydrogen-bond donors (Lipinski definition) is 0. The summed E-state index contributed by atoms with van der Waals surface area (Å²) in [4.78, 5) is 33.8. The molecule has 0 fully saturated rings. The minimum Gasteiger partial charge on any atom is -0.365 e. The third kappa shape index (κ3) is 1.33. The zero-order valence-electron chi connectivity index (χ0n) is 7.71. The van der Waals surface area contributed by atoms with Crippen molar-refractivity contribution in [3.8, 4) is 0 Å². The molecule has 0 aromatic rings. The van der Waals surface area contributed by atoms with Gasteiger partial charge in [0, 0.05) is 18.3 Å². The van der Waals surface area contributed by atoms with Crippen molar-refractivity contribution >= 4 is 17.3 Å². The first kappa shape index (κ1) is 9.80. The molecule has 0 amide bonds. The highest BCUT2D eigenvalue weighted by molar-refractivity contribution is 6.52. The summed E-state index contributed by atoms with van der Waals surface area (Å²) in [5.41, 5.74) is 0.541. The van der Waals surface area contributed by atoms with Gasteiger partial charge in [-0.15, -0.1) is 0 Å². The van der Waals surface area contributed by atoms with Gasteiger partial charge in [0.25, 0.3) is 0 Å². The molecule has 1 aliphatic rings. The van der Waals surface area contributed by atoms with Crippen LogP contribution in [0.5, 0.6) is 0 Å². The molecule has 1 rings (SSSR count). The zero-order valence-corrected chi connectivity index (χ0v) is 7.71. The molecule has 0 heterocycles. The molecule has 0 saturated carbocycles. The summed E-state index contributed by atoms with van der Waals surface area (Å²) in [5.74, 6) is -1.80. The first-order valence-electron chi connectivity index (χ1n) is 3.83. The first-order valence-corrected chi connectivity index (χ1v) is 3.83. The number of ether oxygens (including phenoxy) is 1. The Kier molecular flexibility index (Phi) is 2.43. The Balaban J connectivity index is 3.22. The van der Waals surface area contributed by atoms with Crippen LogP contribution in [0.1, 0.15) is 13.8 Å². The van der Waals surface area contributed by atoms with E-state index in [0.29, 0.717) is 5.57 Å². The lowest BCUT2D eigenvalue weighted by Gasteiger charge is -2.18. The average molecular weight is 182 g/mol. The van der Waals surface area contributed by atoms with Gasteiger partial charge in [-0.05, 0) is 13.8 Å². The van der Waals surface area contributed by atoms with Gasteiger partial charge < -0.3 is 4.74 Å². The highest BCUT2D eigenvalue weighted by Gasteiger charge is 2.38. The molecule has 0 aromatic carbocycles. The normalized spacial score (nSPS) is 24.2. The summed E-state index contributed by atoms with van der Waals surface area (Å²) >= 11 is 0. The van der Waals surface area contributed by atoms with Gasteiger partial charge in [-0.25, -0.2) is 0 Å². The molecule has 0 bridgehead atoms. The van der Waals surface area contributed by atoms with E-state index in [1.54, 1.807) is 0 Å². The van der Waals surface area contributed by atoms with E-state index in [1.165, 1.54) is 21.0 Å². The quantitative estimate of drug-likeness (QED) is 0.425. The number of allylic oxidation sites excluding steroid dienone is 1. The Labute approximate surface area is 75.6 Å². The van der Waals surface area contributed by atoms with Gasteiger partial charge in [-0.1, -0.05) is 0 Å². The smallest absolute Gasteiger partial charge is 0.239 e. The van der Waals surface area contributed by atoms with Crippen LogP contribution in [0.3, 0.4) is 0 Å². The number of carbonyl (C=O) groups excluding carboxylic acids is 3. The Hall–Kier alpha value is -1.29. The van der Waals surface area contributed by atoms with Crippen LogP contribution in [0.25, 0.3) is 0 Å². The molecule has 4 nitrogen and oxygen atoms in total. The fourth-order valence-corrected chi connectivity index (χ4v) is 1.19. The van der Waals surface area contributed by atoms with Gasteiger partial charge in [0.2, 0.25) is 11.6 Å². The minimum atomic E-state index is -1.23. The monoisotopic (exact) mass is 182 g/mol. The van der Waals surface area contributed by atoms with E-state index in [-0.39, 0.29) is 5.57 Å².